The first-order valence-electron chi connectivity index (χ1n) is 4.24. The first-order valence-corrected chi connectivity index (χ1v) is 4.24. The Morgan fingerprint density at radius 2 is 2.10 bits per heavy atom. The second-order valence-corrected chi connectivity index (χ2v) is 4.53. The Balaban J connectivity index is 2.31. The summed E-state index contributed by atoms with van der Waals surface area (Å²) >= 11 is 0. The molecule has 0 amide bonds. The topological polar surface area (TPSA) is 0 Å². The van der Waals surface area contributed by atoms with Gasteiger partial charge in [0.2, 0.25) is 0 Å². The van der Waals surface area contributed by atoms with Crippen LogP contribution >= 0.6 is 0 Å². The molecule has 0 heterocycles. The molecule has 1 atom stereocenters. The van der Waals surface area contributed by atoms with Gasteiger partial charge >= 0.3 is 0 Å². The highest BCUT2D eigenvalue weighted by molar-refractivity contribution is 4.97. The molecule has 0 aromatic carbocycles. The summed E-state index contributed by atoms with van der Waals surface area (Å²) in [6.07, 6.45) is 8.74. The molecule has 0 fully saturated rings. The molecule has 1 unspecified atom stereocenters. The van der Waals surface area contributed by atoms with Gasteiger partial charge in [-0.1, -0.05) is 32.9 Å². The van der Waals surface area contributed by atoms with Crippen molar-refractivity contribution in [1.29, 1.82) is 0 Å². The summed E-state index contributed by atoms with van der Waals surface area (Å²) < 4.78 is 0. The molecule has 0 N–H and O–H groups in total. The maximum Gasteiger partial charge on any atom is -0.0226 e. The zero-order chi connectivity index (χ0) is 7.61. The van der Waals surface area contributed by atoms with Gasteiger partial charge in [-0.25, -0.2) is 0 Å². The average Bonchev–Trinajstić information content (AvgIpc) is 2.12. The van der Waals surface area contributed by atoms with Crippen molar-refractivity contribution in [3.63, 3.8) is 0 Å². The Hall–Kier alpha value is -0.260. The normalized spacial score (nSPS) is 25.7. The molecule has 0 aromatic rings. The molecular formula is C10H18. The summed E-state index contributed by atoms with van der Waals surface area (Å²) in [6.45, 7) is 6.96. The van der Waals surface area contributed by atoms with Crippen LogP contribution in [0.25, 0.3) is 0 Å². The maximum atomic E-state index is 2.38. The summed E-state index contributed by atoms with van der Waals surface area (Å²) in [5.74, 6) is 0.875. The van der Waals surface area contributed by atoms with Crippen LogP contribution in [-0.2, 0) is 0 Å². The molecule has 0 aliphatic heterocycles. The van der Waals surface area contributed by atoms with Crippen LogP contribution in [0.4, 0.5) is 0 Å². The van der Waals surface area contributed by atoms with Gasteiger partial charge in [0.1, 0.15) is 0 Å². The Morgan fingerprint density at radius 3 is 2.50 bits per heavy atom. The van der Waals surface area contributed by atoms with Crippen molar-refractivity contribution in [2.24, 2.45) is 11.3 Å². The van der Waals surface area contributed by atoms with Gasteiger partial charge in [0.05, 0.1) is 0 Å². The second-order valence-electron chi connectivity index (χ2n) is 4.53. The van der Waals surface area contributed by atoms with Crippen LogP contribution in [0.3, 0.4) is 0 Å². The lowest BCUT2D eigenvalue weighted by molar-refractivity contribution is 0.323. The molecule has 0 spiro atoms. The van der Waals surface area contributed by atoms with Crippen molar-refractivity contribution in [2.45, 2.75) is 40.0 Å². The van der Waals surface area contributed by atoms with E-state index in [4.69, 9.17) is 0 Å². The summed E-state index contributed by atoms with van der Waals surface area (Å²) in [6, 6.07) is 0. The van der Waals surface area contributed by atoms with Crippen LogP contribution in [0.5, 0.6) is 0 Å². The molecular weight excluding hydrogens is 120 g/mol. The van der Waals surface area contributed by atoms with E-state index in [1.807, 2.05) is 0 Å². The highest BCUT2D eigenvalue weighted by atomic mass is 14.2. The zero-order valence-electron chi connectivity index (χ0n) is 7.35. The smallest absolute Gasteiger partial charge is 0.0226 e. The van der Waals surface area contributed by atoms with Gasteiger partial charge in [-0.05, 0) is 30.6 Å². The Labute approximate surface area is 64.3 Å². The van der Waals surface area contributed by atoms with Crippen LogP contribution in [-0.4, -0.2) is 0 Å². The van der Waals surface area contributed by atoms with Gasteiger partial charge in [0.25, 0.3) is 0 Å². The first-order chi connectivity index (χ1) is 4.58. The van der Waals surface area contributed by atoms with E-state index in [-0.39, 0.29) is 0 Å². The Kier molecular flexibility index (Phi) is 2.18. The average molecular weight is 138 g/mol. The van der Waals surface area contributed by atoms with Crippen molar-refractivity contribution < 1.29 is 0 Å². The predicted octanol–water partition coefficient (Wildman–Crippen LogP) is 3.39. The fourth-order valence-corrected chi connectivity index (χ4v) is 1.65. The Morgan fingerprint density at radius 1 is 1.40 bits per heavy atom. The molecule has 10 heavy (non-hydrogen) atoms. The van der Waals surface area contributed by atoms with Crippen molar-refractivity contribution in [3.8, 4) is 0 Å². The van der Waals surface area contributed by atoms with Crippen LogP contribution in [0, 0.1) is 11.3 Å². The van der Waals surface area contributed by atoms with E-state index < -0.39 is 0 Å². The standard InChI is InChI=1S/C10H18/c1-10(2,3)8-9-6-4-5-7-9/h4,6,9H,5,7-8H2,1-3H3. The third-order valence-electron chi connectivity index (χ3n) is 1.99. The largest absolute Gasteiger partial charge is 0.0882 e. The van der Waals surface area contributed by atoms with Gasteiger partial charge < -0.3 is 0 Å². The molecule has 1 aliphatic carbocycles. The quantitative estimate of drug-likeness (QED) is 0.487. The fraction of sp³-hybridized carbons (Fsp3) is 0.800. The van der Waals surface area contributed by atoms with Gasteiger partial charge in [0.15, 0.2) is 0 Å². The number of rotatable bonds is 1. The van der Waals surface area contributed by atoms with E-state index in [0.29, 0.717) is 5.41 Å². The van der Waals surface area contributed by atoms with Gasteiger partial charge in [0, 0.05) is 0 Å². The van der Waals surface area contributed by atoms with Crippen molar-refractivity contribution in [2.75, 3.05) is 0 Å². The molecule has 1 rings (SSSR count). The fourth-order valence-electron chi connectivity index (χ4n) is 1.65. The molecule has 0 heteroatoms. The molecule has 0 saturated heterocycles. The number of hydrogen-bond acceptors (Lipinski definition) is 0. The van der Waals surface area contributed by atoms with Crippen molar-refractivity contribution >= 4 is 0 Å². The van der Waals surface area contributed by atoms with Gasteiger partial charge in [-0.3, -0.25) is 0 Å². The van der Waals surface area contributed by atoms with E-state index in [0.717, 1.165) is 5.92 Å². The van der Waals surface area contributed by atoms with Crippen LogP contribution in [0.15, 0.2) is 12.2 Å². The van der Waals surface area contributed by atoms with E-state index in [1.54, 1.807) is 0 Å². The highest BCUT2D eigenvalue weighted by Gasteiger charge is 2.17. The minimum atomic E-state index is 0.513. The predicted molar refractivity (Wildman–Crippen MR) is 45.9 cm³/mol. The summed E-state index contributed by atoms with van der Waals surface area (Å²) in [5, 5.41) is 0. The maximum absolute atomic E-state index is 2.38. The summed E-state index contributed by atoms with van der Waals surface area (Å²) in [7, 11) is 0. The van der Waals surface area contributed by atoms with Gasteiger partial charge in [-0.2, -0.15) is 0 Å². The van der Waals surface area contributed by atoms with E-state index in [9.17, 15) is 0 Å². The molecule has 0 radical (unpaired) electrons. The van der Waals surface area contributed by atoms with Gasteiger partial charge in [-0.15, -0.1) is 0 Å². The first kappa shape index (κ1) is 7.84. The minimum Gasteiger partial charge on any atom is -0.0882 e. The third-order valence-corrected chi connectivity index (χ3v) is 1.99. The molecule has 0 saturated carbocycles. The highest BCUT2D eigenvalue weighted by Crippen LogP contribution is 2.30. The van der Waals surface area contributed by atoms with Crippen molar-refractivity contribution in [3.05, 3.63) is 12.2 Å². The minimum absolute atomic E-state index is 0.513. The van der Waals surface area contributed by atoms with E-state index in [2.05, 4.69) is 32.9 Å². The third kappa shape index (κ3) is 2.55. The Bertz CT molecular complexity index is 125. The van der Waals surface area contributed by atoms with Crippen molar-refractivity contribution in [1.82, 2.24) is 0 Å². The second kappa shape index (κ2) is 2.77. The molecule has 0 aromatic heterocycles. The number of hydrogen-bond donors (Lipinski definition) is 0. The molecule has 58 valence electrons. The molecule has 0 nitrogen and oxygen atoms in total. The van der Waals surface area contributed by atoms with E-state index >= 15 is 0 Å². The van der Waals surface area contributed by atoms with Crippen LogP contribution < -0.4 is 0 Å². The lowest BCUT2D eigenvalue weighted by atomic mass is 9.84. The summed E-state index contributed by atoms with van der Waals surface area (Å²) in [4.78, 5) is 0. The molecule has 0 bridgehead atoms. The van der Waals surface area contributed by atoms with E-state index in [1.165, 1.54) is 19.3 Å². The lowest BCUT2D eigenvalue weighted by Crippen LogP contribution is -2.09. The van der Waals surface area contributed by atoms with Crippen LogP contribution in [0.2, 0.25) is 0 Å². The van der Waals surface area contributed by atoms with Crippen LogP contribution in [0.1, 0.15) is 40.0 Å². The number of allylic oxidation sites excluding steroid dienone is 2. The zero-order valence-corrected chi connectivity index (χ0v) is 7.35. The SMILES string of the molecule is CC(C)(C)CC1C=CCC1. The summed E-state index contributed by atoms with van der Waals surface area (Å²) in [5.41, 5.74) is 0.513. The lowest BCUT2D eigenvalue weighted by Gasteiger charge is -2.21. The molecule has 1 aliphatic rings. The monoisotopic (exact) mass is 138 g/mol.